The number of nitrogens with two attached hydrogens (primary N) is 1. The summed E-state index contributed by atoms with van der Waals surface area (Å²) in [5.41, 5.74) is 9.69. The summed E-state index contributed by atoms with van der Waals surface area (Å²) in [5, 5.41) is 15.9. The van der Waals surface area contributed by atoms with Gasteiger partial charge in [0.1, 0.15) is 5.75 Å². The van der Waals surface area contributed by atoms with Crippen LogP contribution in [0.15, 0.2) is 85.2 Å². The van der Waals surface area contributed by atoms with E-state index in [4.69, 9.17) is 5.73 Å². The van der Waals surface area contributed by atoms with Gasteiger partial charge in [-0.2, -0.15) is 13.2 Å². The highest BCUT2D eigenvalue weighted by atomic mass is 19.4. The molecule has 0 unspecified atom stereocenters. The van der Waals surface area contributed by atoms with Gasteiger partial charge < -0.3 is 20.7 Å². The third kappa shape index (κ3) is 4.77. The Kier molecular flexibility index (Phi) is 6.33. The van der Waals surface area contributed by atoms with Crippen LogP contribution in [0.4, 0.5) is 24.8 Å². The summed E-state index contributed by atoms with van der Waals surface area (Å²) < 4.78 is 41.5. The predicted octanol–water partition coefficient (Wildman–Crippen LogP) is 7.32. The van der Waals surface area contributed by atoms with Crippen molar-refractivity contribution in [2.45, 2.75) is 13.1 Å². The predicted molar refractivity (Wildman–Crippen MR) is 157 cm³/mol. The summed E-state index contributed by atoms with van der Waals surface area (Å²) in [7, 11) is 1.95. The Hall–Kier alpha value is -5.38. The largest absolute Gasteiger partial charge is 0.507 e. The fourth-order valence-corrected chi connectivity index (χ4v) is 5.13. The highest BCUT2D eigenvalue weighted by Crippen LogP contribution is 2.44. The van der Waals surface area contributed by atoms with E-state index in [-0.39, 0.29) is 22.9 Å². The number of fused-ring (bicyclic) bond motifs is 2. The van der Waals surface area contributed by atoms with Crippen molar-refractivity contribution in [1.82, 2.24) is 14.5 Å². The second-order valence-corrected chi connectivity index (χ2v) is 10.1. The average Bonchev–Trinajstić information content (AvgIpc) is 3.32. The van der Waals surface area contributed by atoms with Crippen LogP contribution in [0.25, 0.3) is 44.1 Å². The maximum atomic E-state index is 13.2. The number of hydrogen-bond acceptors (Lipinski definition) is 5. The minimum atomic E-state index is -4.54. The Morgan fingerprint density at radius 1 is 0.976 bits per heavy atom. The molecule has 0 radical (unpaired) electrons. The van der Waals surface area contributed by atoms with Gasteiger partial charge in [0.05, 0.1) is 16.6 Å². The first kappa shape index (κ1) is 26.8. The number of phenols is 1. The Morgan fingerprint density at radius 2 is 1.79 bits per heavy atom. The first-order valence-electron chi connectivity index (χ1n) is 12.9. The van der Waals surface area contributed by atoms with E-state index >= 15 is 0 Å². The van der Waals surface area contributed by atoms with Gasteiger partial charge in [0.2, 0.25) is 5.95 Å². The lowest BCUT2D eigenvalue weighted by molar-refractivity contribution is -0.137. The number of hydrogen-bond donors (Lipinski definition) is 3. The van der Waals surface area contributed by atoms with Crippen LogP contribution in [0.1, 0.15) is 21.5 Å². The van der Waals surface area contributed by atoms with Gasteiger partial charge in [0.25, 0.3) is 5.91 Å². The molecule has 210 valence electrons. The molecule has 0 aliphatic carbocycles. The maximum absolute atomic E-state index is 13.2. The Balaban J connectivity index is 1.47. The molecule has 4 N–H and O–H groups in total. The molecule has 0 saturated heterocycles. The zero-order valence-corrected chi connectivity index (χ0v) is 22.5. The molecule has 0 saturated carbocycles. The number of benzene rings is 4. The van der Waals surface area contributed by atoms with Crippen molar-refractivity contribution in [2.75, 3.05) is 11.1 Å². The van der Waals surface area contributed by atoms with Gasteiger partial charge in [-0.05, 0) is 78.2 Å². The standard InChI is InChI=1S/C32H24F3N5O2/c1-17-6-7-20(30(42)38-23-5-3-4-22(15-23)32(33,34)35)13-24(17)25-14-21-16-37-31(36)39-28(21)27(29(25)41)19-8-9-26-18(12-19)10-11-40(26)2/h3-16,41H,1-2H3,(H,38,42)(H2,36,37,39). The number of halogens is 3. The third-order valence-corrected chi connectivity index (χ3v) is 7.28. The molecule has 6 aromatic rings. The number of aromatic hydroxyl groups is 1. The number of amides is 1. The number of aryl methyl sites for hydroxylation is 2. The summed E-state index contributed by atoms with van der Waals surface area (Å²) in [6.07, 6.45) is -1.02. The van der Waals surface area contributed by atoms with E-state index in [0.717, 1.165) is 28.6 Å². The van der Waals surface area contributed by atoms with Crippen LogP contribution in [0, 0.1) is 6.92 Å². The van der Waals surface area contributed by atoms with Gasteiger partial charge in [-0.25, -0.2) is 9.97 Å². The number of alkyl halides is 3. The van der Waals surface area contributed by atoms with E-state index in [9.17, 15) is 23.1 Å². The number of nitrogen functional groups attached to an aromatic ring is 1. The maximum Gasteiger partial charge on any atom is 0.416 e. The van der Waals surface area contributed by atoms with E-state index in [1.807, 2.05) is 49.0 Å². The fraction of sp³-hybridized carbons (Fsp3) is 0.0938. The SMILES string of the molecule is Cc1ccc(C(=O)Nc2cccc(C(F)(F)F)c2)cc1-c1cc2cnc(N)nc2c(-c2ccc3c(ccn3C)c2)c1O. The molecule has 42 heavy (non-hydrogen) atoms. The molecule has 2 aromatic heterocycles. The van der Waals surface area contributed by atoms with Crippen molar-refractivity contribution in [2.24, 2.45) is 7.05 Å². The smallest absolute Gasteiger partial charge is 0.416 e. The number of rotatable bonds is 4. The highest BCUT2D eigenvalue weighted by molar-refractivity contribution is 6.07. The van der Waals surface area contributed by atoms with Crippen LogP contribution < -0.4 is 11.1 Å². The molecule has 0 aliphatic heterocycles. The number of phenolic OH excluding ortho intramolecular Hbond substituents is 1. The molecule has 7 nitrogen and oxygen atoms in total. The number of nitrogens with one attached hydrogen (secondary N) is 1. The van der Waals surface area contributed by atoms with Crippen molar-refractivity contribution in [3.63, 3.8) is 0 Å². The Labute approximate surface area is 238 Å². The van der Waals surface area contributed by atoms with Crippen molar-refractivity contribution in [1.29, 1.82) is 0 Å². The summed E-state index contributed by atoms with van der Waals surface area (Å²) in [4.78, 5) is 21.7. The molecule has 0 aliphatic rings. The first-order valence-corrected chi connectivity index (χ1v) is 12.9. The molecule has 0 spiro atoms. The van der Waals surface area contributed by atoms with Gasteiger partial charge in [0, 0.05) is 52.5 Å². The Bertz CT molecular complexity index is 2030. The zero-order chi connectivity index (χ0) is 29.8. The second kappa shape index (κ2) is 9.91. The molecule has 0 bridgehead atoms. The normalized spacial score (nSPS) is 11.7. The lowest BCUT2D eigenvalue weighted by atomic mass is 9.91. The molecule has 1 amide bonds. The second-order valence-electron chi connectivity index (χ2n) is 10.1. The van der Waals surface area contributed by atoms with Gasteiger partial charge >= 0.3 is 6.18 Å². The number of nitrogens with zero attached hydrogens (tertiary/aromatic N) is 3. The van der Waals surface area contributed by atoms with Crippen LogP contribution in [-0.2, 0) is 13.2 Å². The van der Waals surface area contributed by atoms with Crippen molar-refractivity contribution in [3.8, 4) is 28.0 Å². The quantitative estimate of drug-likeness (QED) is 0.207. The van der Waals surface area contributed by atoms with Gasteiger partial charge in [-0.3, -0.25) is 4.79 Å². The highest BCUT2D eigenvalue weighted by Gasteiger charge is 2.30. The van der Waals surface area contributed by atoms with E-state index in [2.05, 4.69) is 15.3 Å². The minimum absolute atomic E-state index is 0.0128. The van der Waals surface area contributed by atoms with E-state index in [0.29, 0.717) is 33.2 Å². The van der Waals surface area contributed by atoms with Gasteiger partial charge in [-0.1, -0.05) is 18.2 Å². The summed E-state index contributed by atoms with van der Waals surface area (Å²) >= 11 is 0. The van der Waals surface area contributed by atoms with Crippen LogP contribution in [0.3, 0.4) is 0 Å². The molecule has 0 fully saturated rings. The van der Waals surface area contributed by atoms with E-state index in [1.54, 1.807) is 30.5 Å². The molecule has 4 aromatic carbocycles. The van der Waals surface area contributed by atoms with Crippen molar-refractivity contribution >= 4 is 39.3 Å². The van der Waals surface area contributed by atoms with Crippen LogP contribution in [0.2, 0.25) is 0 Å². The zero-order valence-electron chi connectivity index (χ0n) is 22.5. The van der Waals surface area contributed by atoms with Crippen molar-refractivity contribution < 1.29 is 23.1 Å². The third-order valence-electron chi connectivity index (χ3n) is 7.28. The summed E-state index contributed by atoms with van der Waals surface area (Å²) in [5.74, 6) is -0.600. The number of aromatic nitrogens is 3. The fourth-order valence-electron chi connectivity index (χ4n) is 5.13. The number of anilines is 2. The van der Waals surface area contributed by atoms with Crippen LogP contribution >= 0.6 is 0 Å². The Morgan fingerprint density at radius 3 is 2.57 bits per heavy atom. The van der Waals surface area contributed by atoms with Crippen LogP contribution in [-0.4, -0.2) is 25.5 Å². The monoisotopic (exact) mass is 567 g/mol. The van der Waals surface area contributed by atoms with Gasteiger partial charge in [-0.15, -0.1) is 0 Å². The summed E-state index contributed by atoms with van der Waals surface area (Å²) in [6.45, 7) is 1.84. The molecule has 10 heteroatoms. The molecular weight excluding hydrogens is 543 g/mol. The average molecular weight is 568 g/mol. The molecule has 6 rings (SSSR count). The lowest BCUT2D eigenvalue weighted by Crippen LogP contribution is -2.13. The molecule has 0 atom stereocenters. The van der Waals surface area contributed by atoms with E-state index < -0.39 is 17.6 Å². The van der Waals surface area contributed by atoms with Gasteiger partial charge in [0.15, 0.2) is 0 Å². The molecule has 2 heterocycles. The van der Waals surface area contributed by atoms with E-state index in [1.165, 1.54) is 12.1 Å². The van der Waals surface area contributed by atoms with Crippen LogP contribution in [0.5, 0.6) is 5.75 Å². The van der Waals surface area contributed by atoms with Crippen molar-refractivity contribution in [3.05, 3.63) is 102 Å². The number of carbonyl (C=O) groups excluding carboxylic acids is 1. The topological polar surface area (TPSA) is 106 Å². The lowest BCUT2D eigenvalue weighted by Gasteiger charge is -2.16. The summed E-state index contributed by atoms with van der Waals surface area (Å²) in [6, 6.07) is 18.8. The number of carbonyl (C=O) groups is 1. The molecular formula is C32H24F3N5O2. The first-order chi connectivity index (χ1) is 20.0. The minimum Gasteiger partial charge on any atom is -0.507 e.